The molecular weight excluding hydrogens is 1050 g/mol. The lowest BCUT2D eigenvalue weighted by atomic mass is 9.68. The molecular formula is C84H61N3. The van der Waals surface area contributed by atoms with Gasteiger partial charge in [0.25, 0.3) is 0 Å². The lowest BCUT2D eigenvalue weighted by Gasteiger charge is -2.33. The fraction of sp³-hybridized carbons (Fsp3) is 0.0714. The molecule has 11 aromatic carbocycles. The Hall–Kier alpha value is -10.7. The maximum absolute atomic E-state index is 7.27. The van der Waals surface area contributed by atoms with Crippen molar-refractivity contribution in [3.05, 3.63) is 341 Å². The summed E-state index contributed by atoms with van der Waals surface area (Å²) in [6.45, 7) is 0. The van der Waals surface area contributed by atoms with Gasteiger partial charge in [-0.1, -0.05) is 237 Å². The van der Waals surface area contributed by atoms with Crippen molar-refractivity contribution in [2.24, 2.45) is 5.73 Å². The molecule has 2 aromatic heterocycles. The van der Waals surface area contributed by atoms with Gasteiger partial charge in [0.05, 0.1) is 22.0 Å². The fourth-order valence-electron chi connectivity index (χ4n) is 15.3. The predicted octanol–water partition coefficient (Wildman–Crippen LogP) is 20.9. The first-order chi connectivity index (χ1) is 43.1. The van der Waals surface area contributed by atoms with Crippen LogP contribution in [-0.2, 0) is 18.3 Å². The van der Waals surface area contributed by atoms with Gasteiger partial charge in [0.15, 0.2) is 0 Å². The standard InChI is InChI=1S/C84H61N3/c85-78(58-28-11-4-12-29-58)54-66(43-40-55-22-5-1-6-23-55)87-81-47-42-61(53-73(81)70-44-45-77-82(83(70)87)71-35-15-19-38-76(71)84(77)74-36-17-13-32-67(74)68-33-14-18-37-75(68)84)60-41-46-80-72(52-60)69-34-16-20-39-79(69)86(80)65-31-21-30-59(51-65)64-49-62(56-24-7-2-8-25-56)48-63(50-64)57-26-9-3-10-27-57/h1-17,19,21-36,38,41-54H,18,20,37,39-40,85H2/b66-43+,78-54-. The van der Waals surface area contributed by atoms with Crippen molar-refractivity contribution in [3.63, 3.8) is 0 Å². The Balaban J connectivity index is 0.860. The van der Waals surface area contributed by atoms with Crippen molar-refractivity contribution in [1.82, 2.24) is 9.13 Å². The zero-order valence-corrected chi connectivity index (χ0v) is 48.3. The summed E-state index contributed by atoms with van der Waals surface area (Å²) in [7, 11) is 0. The van der Waals surface area contributed by atoms with Gasteiger partial charge in [-0.05, 0) is 187 Å². The van der Waals surface area contributed by atoms with Gasteiger partial charge in [0.2, 0.25) is 0 Å². The molecule has 0 aliphatic heterocycles. The van der Waals surface area contributed by atoms with E-state index in [0.717, 1.165) is 54.6 Å². The van der Waals surface area contributed by atoms with E-state index in [2.05, 4.69) is 306 Å². The molecule has 0 bridgehead atoms. The van der Waals surface area contributed by atoms with Crippen LogP contribution in [0.2, 0.25) is 0 Å². The van der Waals surface area contributed by atoms with Crippen LogP contribution in [0.1, 0.15) is 63.9 Å². The number of hydrogen-bond acceptors (Lipinski definition) is 1. The van der Waals surface area contributed by atoms with E-state index >= 15 is 0 Å². The van der Waals surface area contributed by atoms with E-state index in [1.807, 2.05) is 0 Å². The van der Waals surface area contributed by atoms with Gasteiger partial charge in [-0.2, -0.15) is 0 Å². The molecule has 4 aliphatic rings. The maximum Gasteiger partial charge on any atom is 0.0689 e. The van der Waals surface area contributed by atoms with Crippen LogP contribution in [0, 0.1) is 0 Å². The number of nitrogens with zero attached hydrogens (tertiary/aromatic N) is 2. The highest BCUT2D eigenvalue weighted by atomic mass is 15.0. The van der Waals surface area contributed by atoms with Crippen LogP contribution >= 0.6 is 0 Å². The molecule has 1 spiro atoms. The van der Waals surface area contributed by atoms with E-state index in [4.69, 9.17) is 5.73 Å². The van der Waals surface area contributed by atoms with Crippen molar-refractivity contribution < 1.29 is 0 Å². The topological polar surface area (TPSA) is 35.9 Å². The number of aromatic nitrogens is 2. The van der Waals surface area contributed by atoms with Gasteiger partial charge >= 0.3 is 0 Å². The van der Waals surface area contributed by atoms with Gasteiger partial charge in [-0.3, -0.25) is 0 Å². The Morgan fingerprint density at radius 3 is 1.77 bits per heavy atom. The number of hydrogen-bond donors (Lipinski definition) is 1. The lowest BCUT2D eigenvalue weighted by Crippen LogP contribution is -2.27. The summed E-state index contributed by atoms with van der Waals surface area (Å²) >= 11 is 0. The van der Waals surface area contributed by atoms with Crippen LogP contribution in [0.5, 0.6) is 0 Å². The molecule has 0 fully saturated rings. The summed E-state index contributed by atoms with van der Waals surface area (Å²) in [5, 5.41) is 3.69. The third kappa shape index (κ3) is 8.10. The van der Waals surface area contributed by atoms with Crippen molar-refractivity contribution in [1.29, 1.82) is 0 Å². The van der Waals surface area contributed by atoms with Crippen molar-refractivity contribution in [2.75, 3.05) is 0 Å². The van der Waals surface area contributed by atoms with Crippen LogP contribution < -0.4 is 5.73 Å². The predicted molar refractivity (Wildman–Crippen MR) is 365 cm³/mol. The number of allylic oxidation sites excluding steroid dienone is 8. The Kier molecular flexibility index (Phi) is 12.0. The molecule has 0 radical (unpaired) electrons. The molecule has 1 atom stereocenters. The van der Waals surface area contributed by atoms with Crippen molar-refractivity contribution in [3.8, 4) is 61.3 Å². The SMILES string of the molecule is N/C(=C\C(=C/Cc1ccccc1)n1c2ccc(-c3ccc4c(c3)c3c(n4-c4cccc(-c5cc(-c6ccccc6)cc(-c6ccccc6)c5)c4)CCC=C3)cc2c2ccc3c(c21)-c1ccccc1C31C2=C(C=CCC2)c2ccccc21)c1ccccc1. The monoisotopic (exact) mass is 1110 g/mol. The third-order valence-electron chi connectivity index (χ3n) is 19.1. The quantitative estimate of drug-likeness (QED) is 0.136. The number of fused-ring (bicyclic) bond motifs is 16. The first-order valence-electron chi connectivity index (χ1n) is 30.8. The lowest BCUT2D eigenvalue weighted by molar-refractivity contribution is 0.714. The zero-order valence-electron chi connectivity index (χ0n) is 48.3. The van der Waals surface area contributed by atoms with Gasteiger partial charge in [-0.25, -0.2) is 0 Å². The van der Waals surface area contributed by atoms with E-state index in [-0.39, 0.29) is 0 Å². The number of benzene rings is 11. The summed E-state index contributed by atoms with van der Waals surface area (Å²) in [5.74, 6) is 0. The van der Waals surface area contributed by atoms with Gasteiger partial charge < -0.3 is 14.9 Å². The molecule has 2 heterocycles. The smallest absolute Gasteiger partial charge is 0.0689 e. The summed E-state index contributed by atoms with van der Waals surface area (Å²) in [4.78, 5) is 0. The highest BCUT2D eigenvalue weighted by Crippen LogP contribution is 2.65. The van der Waals surface area contributed by atoms with Crippen LogP contribution in [0.25, 0.3) is 117 Å². The van der Waals surface area contributed by atoms with Crippen LogP contribution in [0.15, 0.2) is 297 Å². The zero-order chi connectivity index (χ0) is 57.6. The molecule has 0 saturated carbocycles. The van der Waals surface area contributed by atoms with Gasteiger partial charge in [0, 0.05) is 50.1 Å². The Morgan fingerprint density at radius 2 is 1.03 bits per heavy atom. The fourth-order valence-corrected chi connectivity index (χ4v) is 15.3. The van der Waals surface area contributed by atoms with Gasteiger partial charge in [0.1, 0.15) is 0 Å². The Morgan fingerprint density at radius 1 is 0.448 bits per heavy atom. The second kappa shape index (κ2) is 20.5. The summed E-state index contributed by atoms with van der Waals surface area (Å²) in [6, 6.07) is 96.7. The van der Waals surface area contributed by atoms with Crippen molar-refractivity contribution >= 4 is 55.8 Å². The molecule has 0 amide bonds. The van der Waals surface area contributed by atoms with E-state index in [1.165, 1.54) is 139 Å². The summed E-state index contributed by atoms with van der Waals surface area (Å²) < 4.78 is 5.09. The minimum Gasteiger partial charge on any atom is -0.398 e. The first-order valence-corrected chi connectivity index (χ1v) is 30.8. The Labute approximate surface area is 508 Å². The molecule has 87 heavy (non-hydrogen) atoms. The second-order valence-electron chi connectivity index (χ2n) is 23.9. The highest BCUT2D eigenvalue weighted by Gasteiger charge is 2.53. The summed E-state index contributed by atoms with van der Waals surface area (Å²) in [6.07, 6.45) is 18.8. The minimum atomic E-state index is -0.421. The maximum atomic E-state index is 7.27. The number of nitrogens with two attached hydrogens (primary N) is 1. The molecule has 17 rings (SSSR count). The molecule has 3 nitrogen and oxygen atoms in total. The second-order valence-corrected chi connectivity index (χ2v) is 23.9. The minimum absolute atomic E-state index is 0.421. The van der Waals surface area contributed by atoms with E-state index in [1.54, 1.807) is 0 Å². The molecule has 2 N–H and O–H groups in total. The van der Waals surface area contributed by atoms with Crippen LogP contribution in [-0.4, -0.2) is 9.13 Å². The molecule has 4 aliphatic carbocycles. The molecule has 1 unspecified atom stereocenters. The largest absolute Gasteiger partial charge is 0.398 e. The van der Waals surface area contributed by atoms with Crippen molar-refractivity contribution in [2.45, 2.75) is 37.5 Å². The van der Waals surface area contributed by atoms with E-state index in [9.17, 15) is 0 Å². The molecule has 13 aromatic rings. The first kappa shape index (κ1) is 50.7. The van der Waals surface area contributed by atoms with E-state index < -0.39 is 5.41 Å². The average molecular weight is 1110 g/mol. The molecule has 3 heteroatoms. The third-order valence-corrected chi connectivity index (χ3v) is 19.1. The normalized spacial score (nSPS) is 15.8. The molecule has 0 saturated heterocycles. The molecule has 412 valence electrons. The Bertz CT molecular complexity index is 5040. The van der Waals surface area contributed by atoms with Crippen LogP contribution in [0.3, 0.4) is 0 Å². The van der Waals surface area contributed by atoms with E-state index in [0.29, 0.717) is 0 Å². The summed E-state index contributed by atoms with van der Waals surface area (Å²) in [5.41, 5.74) is 38.7. The van der Waals surface area contributed by atoms with Crippen LogP contribution in [0.4, 0.5) is 0 Å². The van der Waals surface area contributed by atoms with Gasteiger partial charge in [-0.15, -0.1) is 0 Å². The average Bonchev–Trinajstić information content (AvgIpc) is 1.51. The highest BCUT2D eigenvalue weighted by molar-refractivity contribution is 6.18. The number of rotatable bonds is 10.